The third kappa shape index (κ3) is 6.81. The van der Waals surface area contributed by atoms with Crippen LogP contribution in [-0.2, 0) is 34.3 Å². The molecule has 0 saturated heterocycles. The molecular weight excluding hydrogens is 595 g/mol. The zero-order valence-electron chi connectivity index (χ0n) is 24.0. The van der Waals surface area contributed by atoms with Crippen molar-refractivity contribution >= 4 is 52.4 Å². The summed E-state index contributed by atoms with van der Waals surface area (Å²) in [5, 5.41) is 3.25. The summed E-state index contributed by atoms with van der Waals surface area (Å²) in [5.41, 5.74) is 0.937. The number of esters is 1. The van der Waals surface area contributed by atoms with E-state index in [4.69, 9.17) is 27.9 Å². The zero-order valence-corrected chi connectivity index (χ0v) is 25.5. The predicted molar refractivity (Wildman–Crippen MR) is 165 cm³/mol. The number of rotatable bonds is 10. The molecule has 3 aromatic carbocycles. The Morgan fingerprint density at radius 3 is 2.23 bits per heavy atom. The van der Waals surface area contributed by atoms with Gasteiger partial charge in [0.05, 0.1) is 38.3 Å². The topological polar surface area (TPSA) is 120 Å². The van der Waals surface area contributed by atoms with Crippen molar-refractivity contribution in [2.45, 2.75) is 39.0 Å². The van der Waals surface area contributed by atoms with Crippen molar-refractivity contribution in [1.29, 1.82) is 0 Å². The van der Waals surface area contributed by atoms with Crippen LogP contribution < -0.4 is 16.6 Å². The number of ether oxygens (including phenoxy) is 1. The minimum absolute atomic E-state index is 0.0359. The number of aryl methyl sites for hydroxylation is 1. The number of benzene rings is 3. The van der Waals surface area contributed by atoms with Crippen molar-refractivity contribution < 1.29 is 19.1 Å². The molecule has 12 heteroatoms. The number of carbonyl (C=O) groups excluding carboxylic acids is 3. The van der Waals surface area contributed by atoms with E-state index in [0.29, 0.717) is 34.1 Å². The van der Waals surface area contributed by atoms with Crippen LogP contribution in [0.5, 0.6) is 0 Å². The normalized spacial score (nSPS) is 11.8. The smallest absolute Gasteiger partial charge is 0.335 e. The average molecular weight is 626 g/mol. The molecular formula is C31H30Cl2N4O6. The van der Waals surface area contributed by atoms with Crippen molar-refractivity contribution in [3.63, 3.8) is 0 Å². The van der Waals surface area contributed by atoms with Gasteiger partial charge in [-0.3, -0.25) is 19.0 Å². The molecule has 0 radical (unpaired) electrons. The summed E-state index contributed by atoms with van der Waals surface area (Å²) in [6.07, 6.45) is 0.283. The highest BCUT2D eigenvalue weighted by atomic mass is 35.5. The maximum Gasteiger partial charge on any atom is 0.335 e. The Balaban J connectivity index is 1.69. The van der Waals surface area contributed by atoms with Crippen molar-refractivity contribution in [2.75, 3.05) is 7.05 Å². The number of amides is 2. The van der Waals surface area contributed by atoms with Crippen LogP contribution in [0.3, 0.4) is 0 Å². The lowest BCUT2D eigenvalue weighted by atomic mass is 10.0. The fourth-order valence-corrected chi connectivity index (χ4v) is 5.27. The molecule has 0 aliphatic heterocycles. The first kappa shape index (κ1) is 31.5. The molecule has 224 valence electrons. The van der Waals surface area contributed by atoms with Gasteiger partial charge in [0.15, 0.2) is 0 Å². The van der Waals surface area contributed by atoms with Crippen molar-refractivity contribution in [2.24, 2.45) is 7.05 Å². The summed E-state index contributed by atoms with van der Waals surface area (Å²) in [6, 6.07) is 15.2. The van der Waals surface area contributed by atoms with E-state index in [0.717, 1.165) is 4.57 Å². The van der Waals surface area contributed by atoms with Crippen LogP contribution in [0.25, 0.3) is 16.6 Å². The number of fused-ring (bicyclic) bond motifs is 1. The SMILES string of the molecule is CC(C)OC(=O)[C@H](Cc1ccc(-n2c(=O)c3c(CN(C)C=O)cccc3n(C)c2=O)cc1)NC(=O)c1c(Cl)cccc1Cl. The second-order valence-corrected chi connectivity index (χ2v) is 11.1. The molecule has 0 bridgehead atoms. The minimum atomic E-state index is -1.08. The monoisotopic (exact) mass is 624 g/mol. The second-order valence-electron chi connectivity index (χ2n) is 10.3. The fraction of sp³-hybridized carbons (Fsp3) is 0.258. The van der Waals surface area contributed by atoms with Gasteiger partial charge in [0.25, 0.3) is 11.5 Å². The number of halogens is 2. The lowest BCUT2D eigenvalue weighted by Crippen LogP contribution is -2.44. The zero-order chi connectivity index (χ0) is 31.4. The molecule has 43 heavy (non-hydrogen) atoms. The molecule has 0 fully saturated rings. The maximum absolute atomic E-state index is 13.7. The molecule has 0 saturated carbocycles. The number of carbonyl (C=O) groups is 3. The van der Waals surface area contributed by atoms with Gasteiger partial charge in [-0.1, -0.05) is 53.5 Å². The van der Waals surface area contributed by atoms with E-state index >= 15 is 0 Å². The molecule has 0 aliphatic rings. The summed E-state index contributed by atoms with van der Waals surface area (Å²) in [6.45, 7) is 3.58. The molecule has 1 heterocycles. The average Bonchev–Trinajstić information content (AvgIpc) is 2.96. The summed E-state index contributed by atoms with van der Waals surface area (Å²) >= 11 is 12.4. The van der Waals surface area contributed by atoms with Gasteiger partial charge in [-0.05, 0) is 55.3 Å². The Morgan fingerprint density at radius 1 is 1.00 bits per heavy atom. The van der Waals surface area contributed by atoms with Crippen molar-refractivity contribution in [3.8, 4) is 5.69 Å². The highest BCUT2D eigenvalue weighted by molar-refractivity contribution is 6.39. The van der Waals surface area contributed by atoms with Gasteiger partial charge < -0.3 is 15.0 Å². The van der Waals surface area contributed by atoms with E-state index in [1.165, 1.54) is 21.6 Å². The third-order valence-corrected chi connectivity index (χ3v) is 7.38. The van der Waals surface area contributed by atoms with Crippen LogP contribution in [0, 0.1) is 0 Å². The number of aromatic nitrogens is 2. The summed E-state index contributed by atoms with van der Waals surface area (Å²) in [4.78, 5) is 65.6. The first-order chi connectivity index (χ1) is 20.4. The van der Waals surface area contributed by atoms with Gasteiger partial charge in [-0.15, -0.1) is 0 Å². The van der Waals surface area contributed by atoms with Crippen LogP contribution in [0.1, 0.15) is 35.3 Å². The molecule has 4 rings (SSSR count). The third-order valence-electron chi connectivity index (χ3n) is 6.75. The Morgan fingerprint density at radius 2 is 1.63 bits per heavy atom. The summed E-state index contributed by atoms with van der Waals surface area (Å²) in [7, 11) is 3.17. The number of hydrogen-bond acceptors (Lipinski definition) is 6. The number of hydrogen-bond donors (Lipinski definition) is 1. The Hall–Kier alpha value is -4.41. The van der Waals surface area contributed by atoms with Crippen LogP contribution in [0.2, 0.25) is 10.0 Å². The summed E-state index contributed by atoms with van der Waals surface area (Å²) < 4.78 is 7.81. The lowest BCUT2D eigenvalue weighted by Gasteiger charge is -2.20. The van der Waals surface area contributed by atoms with Gasteiger partial charge in [-0.2, -0.15) is 0 Å². The van der Waals surface area contributed by atoms with E-state index < -0.39 is 35.3 Å². The molecule has 2 amide bonds. The van der Waals surface area contributed by atoms with Gasteiger partial charge in [0, 0.05) is 27.1 Å². The van der Waals surface area contributed by atoms with Crippen LogP contribution in [0.4, 0.5) is 0 Å². The highest BCUT2D eigenvalue weighted by Crippen LogP contribution is 2.24. The van der Waals surface area contributed by atoms with Crippen molar-refractivity contribution in [3.05, 3.63) is 108 Å². The first-order valence-electron chi connectivity index (χ1n) is 13.4. The van der Waals surface area contributed by atoms with E-state index in [1.54, 1.807) is 76.5 Å². The van der Waals surface area contributed by atoms with Crippen molar-refractivity contribution in [1.82, 2.24) is 19.4 Å². The van der Waals surface area contributed by atoms with E-state index in [2.05, 4.69) is 5.32 Å². The molecule has 1 aromatic heterocycles. The number of nitrogens with one attached hydrogen (secondary N) is 1. The fourth-order valence-electron chi connectivity index (χ4n) is 4.70. The van der Waals surface area contributed by atoms with Gasteiger partial charge >= 0.3 is 11.7 Å². The van der Waals surface area contributed by atoms with Crippen LogP contribution in [-0.4, -0.2) is 51.5 Å². The van der Waals surface area contributed by atoms with Gasteiger partial charge in [-0.25, -0.2) is 14.2 Å². The number of nitrogens with zero attached hydrogens (tertiary/aromatic N) is 3. The standard InChI is InChI=1S/C31H30Cl2N4O6/c1-18(2)43-30(41)24(34-28(39)27-22(32)8-6-9-23(27)33)15-19-11-13-21(14-12-19)37-29(40)26-20(16-35(3)17-38)7-5-10-25(26)36(4)31(37)42/h5-14,17-18,24H,15-16H2,1-4H3,(H,34,39)/t24-/m0/s1. The Labute approximate surface area is 257 Å². The van der Waals surface area contributed by atoms with E-state index in [9.17, 15) is 24.0 Å². The minimum Gasteiger partial charge on any atom is -0.461 e. The first-order valence-corrected chi connectivity index (χ1v) is 14.1. The molecule has 1 atom stereocenters. The van der Waals surface area contributed by atoms with Gasteiger partial charge in [0.2, 0.25) is 6.41 Å². The van der Waals surface area contributed by atoms with E-state index in [1.807, 2.05) is 0 Å². The molecule has 0 unspecified atom stereocenters. The molecule has 0 spiro atoms. The van der Waals surface area contributed by atoms with E-state index in [-0.39, 0.29) is 28.6 Å². The molecule has 1 N–H and O–H groups in total. The second kappa shape index (κ2) is 13.3. The Bertz CT molecular complexity index is 1790. The van der Waals surface area contributed by atoms with Crippen LogP contribution >= 0.6 is 23.2 Å². The lowest BCUT2D eigenvalue weighted by molar-refractivity contribution is -0.149. The molecule has 10 nitrogen and oxygen atoms in total. The predicted octanol–water partition coefficient (Wildman–Crippen LogP) is 3.88. The largest absolute Gasteiger partial charge is 0.461 e. The highest BCUT2D eigenvalue weighted by Gasteiger charge is 2.26. The van der Waals surface area contributed by atoms with Crippen LogP contribution in [0.15, 0.2) is 70.3 Å². The maximum atomic E-state index is 13.7. The Kier molecular flexibility index (Phi) is 9.73. The van der Waals surface area contributed by atoms with Gasteiger partial charge in [0.1, 0.15) is 6.04 Å². The molecule has 0 aliphatic carbocycles. The quantitative estimate of drug-likeness (QED) is 0.211. The molecule has 4 aromatic rings. The summed E-state index contributed by atoms with van der Waals surface area (Å²) in [5.74, 6) is -1.29.